The van der Waals surface area contributed by atoms with Crippen molar-refractivity contribution in [2.45, 2.75) is 71.0 Å². The van der Waals surface area contributed by atoms with Crippen LogP contribution < -0.4 is 5.32 Å². The highest BCUT2D eigenvalue weighted by atomic mass is 32.1. The second-order valence-corrected chi connectivity index (χ2v) is 9.50. The highest BCUT2D eigenvalue weighted by Crippen LogP contribution is 2.44. The van der Waals surface area contributed by atoms with Gasteiger partial charge in [-0.15, -0.1) is 0 Å². The highest BCUT2D eigenvalue weighted by molar-refractivity contribution is 7.80. The average Bonchev–Trinajstić information content (AvgIpc) is 3.52. The first-order valence-corrected chi connectivity index (χ1v) is 12.3. The van der Waals surface area contributed by atoms with E-state index in [4.69, 9.17) is 17.2 Å². The number of pyridine rings is 1. The molecule has 4 nitrogen and oxygen atoms in total. The topological polar surface area (TPSA) is 33.1 Å². The molecule has 2 atom stereocenters. The largest absolute Gasteiger partial charge is 0.352 e. The predicted molar refractivity (Wildman–Crippen MR) is 134 cm³/mol. The Bertz CT molecular complexity index is 1110. The van der Waals surface area contributed by atoms with Crippen LogP contribution in [0.25, 0.3) is 5.69 Å². The zero-order chi connectivity index (χ0) is 22.2. The molecule has 0 amide bonds. The van der Waals surface area contributed by atoms with Gasteiger partial charge in [0.15, 0.2) is 5.11 Å². The van der Waals surface area contributed by atoms with Crippen LogP contribution in [0.1, 0.15) is 72.9 Å². The van der Waals surface area contributed by atoms with E-state index in [1.54, 1.807) is 0 Å². The number of hydrogen-bond donors (Lipinski definition) is 1. The first-order chi connectivity index (χ1) is 15.6. The third-order valence-electron chi connectivity index (χ3n) is 7.26. The van der Waals surface area contributed by atoms with Gasteiger partial charge in [-0.25, -0.2) is 0 Å². The third-order valence-corrected chi connectivity index (χ3v) is 7.58. The molecule has 5 heteroatoms. The minimum Gasteiger partial charge on any atom is -0.352 e. The fourth-order valence-electron chi connectivity index (χ4n) is 5.76. The molecule has 0 bridgehead atoms. The number of nitrogens with one attached hydrogen (secondary N) is 1. The van der Waals surface area contributed by atoms with Crippen molar-refractivity contribution in [1.29, 1.82) is 0 Å². The summed E-state index contributed by atoms with van der Waals surface area (Å²) in [7, 11) is 0. The fourth-order valence-corrected chi connectivity index (χ4v) is 6.15. The molecule has 1 aliphatic heterocycles. The van der Waals surface area contributed by atoms with Crippen molar-refractivity contribution >= 4 is 17.3 Å². The number of para-hydroxylation sites is 1. The Morgan fingerprint density at radius 2 is 1.81 bits per heavy atom. The number of nitrogens with zero attached hydrogens (tertiary/aromatic N) is 3. The molecule has 2 fully saturated rings. The van der Waals surface area contributed by atoms with Gasteiger partial charge in [0.1, 0.15) is 0 Å². The second kappa shape index (κ2) is 8.70. The molecule has 0 unspecified atom stereocenters. The molecule has 0 spiro atoms. The van der Waals surface area contributed by atoms with Crippen LogP contribution in [0.3, 0.4) is 0 Å². The maximum atomic E-state index is 5.93. The van der Waals surface area contributed by atoms with E-state index in [1.807, 2.05) is 12.3 Å². The Labute approximate surface area is 196 Å². The lowest BCUT2D eigenvalue weighted by Gasteiger charge is -2.33. The number of thiocarbonyl (C=S) groups is 1. The lowest BCUT2D eigenvalue weighted by molar-refractivity contribution is 0.245. The van der Waals surface area contributed by atoms with Crippen molar-refractivity contribution in [3.8, 4) is 5.69 Å². The number of benzene rings is 1. The molecule has 32 heavy (non-hydrogen) atoms. The van der Waals surface area contributed by atoms with Gasteiger partial charge in [0, 0.05) is 29.3 Å². The van der Waals surface area contributed by atoms with Gasteiger partial charge in [0.25, 0.3) is 0 Å². The van der Waals surface area contributed by atoms with Gasteiger partial charge >= 0.3 is 0 Å². The third kappa shape index (κ3) is 3.53. The van der Waals surface area contributed by atoms with E-state index in [0.717, 1.165) is 17.2 Å². The van der Waals surface area contributed by atoms with Crippen molar-refractivity contribution < 1.29 is 0 Å². The minimum atomic E-state index is 0.0552. The van der Waals surface area contributed by atoms with E-state index >= 15 is 0 Å². The summed E-state index contributed by atoms with van der Waals surface area (Å²) in [6.45, 7) is 6.71. The van der Waals surface area contributed by atoms with E-state index in [0.29, 0.717) is 6.04 Å². The van der Waals surface area contributed by atoms with Crippen molar-refractivity contribution in [3.05, 3.63) is 82.9 Å². The van der Waals surface area contributed by atoms with Gasteiger partial charge in [0.2, 0.25) is 0 Å². The molecule has 3 heterocycles. The maximum Gasteiger partial charge on any atom is 0.170 e. The van der Waals surface area contributed by atoms with Crippen LogP contribution in [0.4, 0.5) is 0 Å². The molecule has 1 aromatic carbocycles. The zero-order valence-corrected chi connectivity index (χ0v) is 20.0. The first kappa shape index (κ1) is 21.2. The summed E-state index contributed by atoms with van der Waals surface area (Å²) in [5, 5.41) is 4.52. The van der Waals surface area contributed by atoms with Gasteiger partial charge in [-0.2, -0.15) is 0 Å². The number of rotatable bonds is 5. The molecule has 0 radical (unpaired) electrons. The van der Waals surface area contributed by atoms with Gasteiger partial charge in [-0.3, -0.25) is 4.98 Å². The van der Waals surface area contributed by atoms with Crippen LogP contribution in [0.2, 0.25) is 0 Å². The van der Waals surface area contributed by atoms with E-state index in [-0.39, 0.29) is 12.1 Å². The van der Waals surface area contributed by atoms with Crippen molar-refractivity contribution in [3.63, 3.8) is 0 Å². The minimum absolute atomic E-state index is 0.0552. The molecule has 1 saturated heterocycles. The molecule has 1 aliphatic carbocycles. The summed E-state index contributed by atoms with van der Waals surface area (Å²) in [6.07, 6.45) is 7.90. The van der Waals surface area contributed by atoms with Crippen LogP contribution in [-0.2, 0) is 6.42 Å². The summed E-state index contributed by atoms with van der Waals surface area (Å²) in [6, 6.07) is 18.0. The standard InChI is InChI=1S/C27H32N4S/c1-4-20-11-5-8-15-24(20)30-18(2)17-22(19(30)3)26-25(23-14-9-10-16-28-23)29-27(32)31(26)21-12-6-7-13-21/h5,8-11,14-17,21,25-26H,4,6-7,12-13H2,1-3H3,(H,29,32)/t25-,26+/m0/s1. The SMILES string of the molecule is CCc1ccccc1-n1c(C)cc([C@@H]2[C@H](c3ccccn3)NC(=S)N2C2CCCC2)c1C. The summed E-state index contributed by atoms with van der Waals surface area (Å²) in [4.78, 5) is 7.22. The molecule has 2 aliphatic rings. The molecule has 166 valence electrons. The molecular formula is C27H32N4S. The van der Waals surface area contributed by atoms with Crippen LogP contribution >= 0.6 is 12.2 Å². The monoisotopic (exact) mass is 444 g/mol. The van der Waals surface area contributed by atoms with Gasteiger partial charge < -0.3 is 14.8 Å². The molecule has 3 aromatic rings. The Morgan fingerprint density at radius 1 is 1.06 bits per heavy atom. The Hall–Kier alpha value is -2.66. The van der Waals surface area contributed by atoms with Crippen LogP contribution in [0, 0.1) is 13.8 Å². The Morgan fingerprint density at radius 3 is 2.53 bits per heavy atom. The molecule has 1 N–H and O–H groups in total. The summed E-state index contributed by atoms with van der Waals surface area (Å²) >= 11 is 5.93. The predicted octanol–water partition coefficient (Wildman–Crippen LogP) is 5.97. The van der Waals surface area contributed by atoms with Crippen LogP contribution in [0.15, 0.2) is 54.7 Å². The zero-order valence-electron chi connectivity index (χ0n) is 19.2. The van der Waals surface area contributed by atoms with Crippen molar-refractivity contribution in [2.24, 2.45) is 0 Å². The molecule has 1 saturated carbocycles. The number of aromatic nitrogens is 2. The first-order valence-electron chi connectivity index (χ1n) is 11.9. The van der Waals surface area contributed by atoms with Gasteiger partial charge in [0.05, 0.1) is 17.8 Å². The maximum absolute atomic E-state index is 5.93. The van der Waals surface area contributed by atoms with E-state index in [9.17, 15) is 0 Å². The molecular weight excluding hydrogens is 412 g/mol. The van der Waals surface area contributed by atoms with Crippen molar-refractivity contribution in [2.75, 3.05) is 0 Å². The quantitative estimate of drug-likeness (QED) is 0.492. The van der Waals surface area contributed by atoms with Crippen LogP contribution in [-0.4, -0.2) is 25.6 Å². The molecule has 5 rings (SSSR count). The second-order valence-electron chi connectivity index (χ2n) is 9.12. The summed E-state index contributed by atoms with van der Waals surface area (Å²) < 4.78 is 2.43. The van der Waals surface area contributed by atoms with E-state index in [1.165, 1.54) is 53.9 Å². The average molecular weight is 445 g/mol. The van der Waals surface area contributed by atoms with Crippen molar-refractivity contribution in [1.82, 2.24) is 19.8 Å². The molecule has 2 aromatic heterocycles. The fraction of sp³-hybridized carbons (Fsp3) is 0.407. The van der Waals surface area contributed by atoms with Crippen LogP contribution in [0.5, 0.6) is 0 Å². The van der Waals surface area contributed by atoms with Gasteiger partial charge in [-0.1, -0.05) is 44.0 Å². The lowest BCUT2D eigenvalue weighted by Crippen LogP contribution is -2.37. The Balaban J connectivity index is 1.65. The normalized spacial score (nSPS) is 21.3. The summed E-state index contributed by atoms with van der Waals surface area (Å²) in [5.74, 6) is 0. The summed E-state index contributed by atoms with van der Waals surface area (Å²) in [5.41, 5.74) is 7.62. The lowest BCUT2D eigenvalue weighted by atomic mass is 9.95. The van der Waals surface area contributed by atoms with E-state index < -0.39 is 0 Å². The number of aryl methyl sites for hydroxylation is 2. The van der Waals surface area contributed by atoms with Gasteiger partial charge in [-0.05, 0) is 80.7 Å². The highest BCUT2D eigenvalue weighted by Gasteiger charge is 2.44. The smallest absolute Gasteiger partial charge is 0.170 e. The van der Waals surface area contributed by atoms with E-state index in [2.05, 4.69) is 78.0 Å². The Kier molecular flexibility index (Phi) is 5.76. The number of hydrogen-bond acceptors (Lipinski definition) is 2.